The zero-order valence-corrected chi connectivity index (χ0v) is 19.3. The average Bonchev–Trinajstić information content (AvgIpc) is 3.17. The number of hydrogen-bond donors (Lipinski definition) is 1. The molecule has 1 aliphatic heterocycles. The third-order valence-electron chi connectivity index (χ3n) is 5.79. The van der Waals surface area contributed by atoms with E-state index in [4.69, 9.17) is 14.2 Å². The molecule has 0 radical (unpaired) electrons. The number of carbonyl (C=O) groups is 3. The number of benzene rings is 3. The van der Waals surface area contributed by atoms with Gasteiger partial charge in [-0.05, 0) is 54.1 Å². The van der Waals surface area contributed by atoms with Crippen LogP contribution in [0.3, 0.4) is 0 Å². The highest BCUT2D eigenvalue weighted by Gasteiger charge is 2.47. The molecular weight excluding hydrogens is 450 g/mol. The summed E-state index contributed by atoms with van der Waals surface area (Å²) in [6.07, 6.45) is 0. The number of Topliss-reactive ketones (excluding diaryl/α,β-unsaturated/α-hetero) is 1. The Bertz CT molecular complexity index is 1310. The first-order valence-corrected chi connectivity index (χ1v) is 10.7. The quantitative estimate of drug-likeness (QED) is 0.249. The smallest absolute Gasteiger partial charge is 0.337 e. The van der Waals surface area contributed by atoms with Gasteiger partial charge in [0.1, 0.15) is 17.3 Å². The predicted molar refractivity (Wildman–Crippen MR) is 129 cm³/mol. The fourth-order valence-corrected chi connectivity index (χ4v) is 4.00. The molecule has 1 atom stereocenters. The van der Waals surface area contributed by atoms with E-state index in [1.807, 2.05) is 0 Å². The first-order chi connectivity index (χ1) is 16.9. The van der Waals surface area contributed by atoms with Crippen molar-refractivity contribution in [2.24, 2.45) is 0 Å². The molecule has 0 bridgehead atoms. The topological polar surface area (TPSA) is 102 Å². The molecular formula is C27H23NO7. The number of carbonyl (C=O) groups excluding carboxylic acids is 3. The highest BCUT2D eigenvalue weighted by atomic mass is 16.5. The van der Waals surface area contributed by atoms with Crippen molar-refractivity contribution in [2.75, 3.05) is 26.2 Å². The van der Waals surface area contributed by atoms with E-state index in [9.17, 15) is 19.5 Å². The number of hydrogen-bond acceptors (Lipinski definition) is 7. The minimum Gasteiger partial charge on any atom is -0.507 e. The van der Waals surface area contributed by atoms with Crippen molar-refractivity contribution >= 4 is 29.1 Å². The summed E-state index contributed by atoms with van der Waals surface area (Å²) in [5.74, 6) is -1.40. The Labute approximate surface area is 202 Å². The maximum absolute atomic E-state index is 13.2. The predicted octanol–water partition coefficient (Wildman–Crippen LogP) is 4.12. The van der Waals surface area contributed by atoms with E-state index >= 15 is 0 Å². The third-order valence-corrected chi connectivity index (χ3v) is 5.79. The Balaban J connectivity index is 1.89. The summed E-state index contributed by atoms with van der Waals surface area (Å²) in [5, 5.41) is 11.2. The van der Waals surface area contributed by atoms with E-state index in [0.717, 1.165) is 0 Å². The van der Waals surface area contributed by atoms with Crippen molar-refractivity contribution in [3.8, 4) is 11.5 Å². The Morgan fingerprint density at radius 2 is 1.49 bits per heavy atom. The molecule has 3 aromatic carbocycles. The molecule has 1 heterocycles. The Kier molecular flexibility index (Phi) is 6.55. The summed E-state index contributed by atoms with van der Waals surface area (Å²) in [4.78, 5) is 39.6. The van der Waals surface area contributed by atoms with Crippen molar-refractivity contribution in [3.05, 3.63) is 95.1 Å². The van der Waals surface area contributed by atoms with Crippen LogP contribution in [0.2, 0.25) is 0 Å². The SMILES string of the molecule is COC(=O)c1ccc(N2C(=O)C(=O)/C(=C(/O)c3cccc(OC)c3)C2c2ccc(OC)cc2)cc1. The molecule has 0 aliphatic carbocycles. The van der Waals surface area contributed by atoms with Crippen molar-refractivity contribution in [1.29, 1.82) is 0 Å². The number of ether oxygens (including phenoxy) is 3. The molecule has 178 valence electrons. The minimum atomic E-state index is -0.920. The van der Waals surface area contributed by atoms with Gasteiger partial charge in [-0.3, -0.25) is 14.5 Å². The number of amides is 1. The zero-order valence-electron chi connectivity index (χ0n) is 19.3. The van der Waals surface area contributed by atoms with Crippen LogP contribution in [0.5, 0.6) is 11.5 Å². The summed E-state index contributed by atoms with van der Waals surface area (Å²) in [7, 11) is 4.30. The van der Waals surface area contributed by atoms with Crippen LogP contribution in [0.15, 0.2) is 78.4 Å². The van der Waals surface area contributed by atoms with Crippen LogP contribution in [0, 0.1) is 0 Å². The van der Waals surface area contributed by atoms with E-state index in [0.29, 0.717) is 33.9 Å². The molecule has 35 heavy (non-hydrogen) atoms. The number of esters is 1. The van der Waals surface area contributed by atoms with E-state index in [-0.39, 0.29) is 11.3 Å². The zero-order chi connectivity index (χ0) is 25.1. The van der Waals surface area contributed by atoms with Gasteiger partial charge in [-0.1, -0.05) is 24.3 Å². The second-order valence-corrected chi connectivity index (χ2v) is 7.71. The third kappa shape index (κ3) is 4.33. The molecule has 8 heteroatoms. The van der Waals surface area contributed by atoms with Gasteiger partial charge in [-0.2, -0.15) is 0 Å². The van der Waals surface area contributed by atoms with Gasteiger partial charge in [0.15, 0.2) is 0 Å². The highest BCUT2D eigenvalue weighted by Crippen LogP contribution is 2.42. The van der Waals surface area contributed by atoms with Gasteiger partial charge in [-0.25, -0.2) is 4.79 Å². The Morgan fingerprint density at radius 1 is 0.829 bits per heavy atom. The van der Waals surface area contributed by atoms with Crippen LogP contribution in [0.25, 0.3) is 5.76 Å². The Morgan fingerprint density at radius 3 is 2.09 bits per heavy atom. The molecule has 0 aromatic heterocycles. The van der Waals surface area contributed by atoms with Gasteiger partial charge in [0.2, 0.25) is 0 Å². The summed E-state index contributed by atoms with van der Waals surface area (Å²) < 4.78 is 15.2. The second-order valence-electron chi connectivity index (χ2n) is 7.71. The number of rotatable bonds is 6. The molecule has 3 aromatic rings. The second kappa shape index (κ2) is 9.72. The van der Waals surface area contributed by atoms with Crippen LogP contribution in [-0.2, 0) is 14.3 Å². The van der Waals surface area contributed by atoms with Crippen LogP contribution in [-0.4, -0.2) is 44.1 Å². The van der Waals surface area contributed by atoms with Gasteiger partial charge < -0.3 is 19.3 Å². The lowest BCUT2D eigenvalue weighted by Crippen LogP contribution is -2.29. The fraction of sp³-hybridized carbons (Fsp3) is 0.148. The number of aliphatic hydroxyl groups is 1. The highest BCUT2D eigenvalue weighted by molar-refractivity contribution is 6.51. The molecule has 1 saturated heterocycles. The minimum absolute atomic E-state index is 0.0644. The summed E-state index contributed by atoms with van der Waals surface area (Å²) in [6.45, 7) is 0. The Hall–Kier alpha value is -4.59. The van der Waals surface area contributed by atoms with Crippen LogP contribution in [0.4, 0.5) is 5.69 Å². The molecule has 0 spiro atoms. The fourth-order valence-electron chi connectivity index (χ4n) is 4.00. The monoisotopic (exact) mass is 473 g/mol. The van der Waals surface area contributed by atoms with Gasteiger partial charge in [0.25, 0.3) is 11.7 Å². The van der Waals surface area contributed by atoms with E-state index in [2.05, 4.69) is 0 Å². The van der Waals surface area contributed by atoms with Crippen LogP contribution < -0.4 is 14.4 Å². The first kappa shape index (κ1) is 23.6. The van der Waals surface area contributed by atoms with Crippen molar-refractivity contribution in [1.82, 2.24) is 0 Å². The van der Waals surface area contributed by atoms with E-state index < -0.39 is 23.7 Å². The molecule has 1 amide bonds. The number of methoxy groups -OCH3 is 3. The normalized spacial score (nSPS) is 16.8. The van der Waals surface area contributed by atoms with E-state index in [1.54, 1.807) is 60.7 Å². The van der Waals surface area contributed by atoms with Crippen molar-refractivity contribution in [2.45, 2.75) is 6.04 Å². The lowest BCUT2D eigenvalue weighted by Gasteiger charge is -2.25. The molecule has 1 fully saturated rings. The summed E-state index contributed by atoms with van der Waals surface area (Å²) in [6, 6.07) is 18.7. The summed E-state index contributed by atoms with van der Waals surface area (Å²) in [5.41, 5.74) is 1.54. The molecule has 1 unspecified atom stereocenters. The molecule has 1 N–H and O–H groups in total. The van der Waals surface area contributed by atoms with Crippen molar-refractivity contribution < 1.29 is 33.7 Å². The summed E-state index contributed by atoms with van der Waals surface area (Å²) >= 11 is 0. The average molecular weight is 473 g/mol. The van der Waals surface area contributed by atoms with Gasteiger partial charge >= 0.3 is 5.97 Å². The van der Waals surface area contributed by atoms with Gasteiger partial charge in [0.05, 0.1) is 38.5 Å². The molecule has 0 saturated carbocycles. The van der Waals surface area contributed by atoms with E-state index in [1.165, 1.54) is 38.4 Å². The molecule has 1 aliphatic rings. The first-order valence-electron chi connectivity index (χ1n) is 10.7. The van der Waals surface area contributed by atoms with Crippen LogP contribution in [0.1, 0.15) is 27.5 Å². The number of ketones is 1. The van der Waals surface area contributed by atoms with Gasteiger partial charge in [0, 0.05) is 11.3 Å². The number of anilines is 1. The largest absolute Gasteiger partial charge is 0.507 e. The van der Waals surface area contributed by atoms with Crippen molar-refractivity contribution in [3.63, 3.8) is 0 Å². The van der Waals surface area contributed by atoms with Crippen LogP contribution >= 0.6 is 0 Å². The number of aliphatic hydroxyl groups excluding tert-OH is 1. The number of nitrogens with zero attached hydrogens (tertiary/aromatic N) is 1. The van der Waals surface area contributed by atoms with Gasteiger partial charge in [-0.15, -0.1) is 0 Å². The maximum Gasteiger partial charge on any atom is 0.337 e. The standard InChI is InChI=1S/C27H23NO7/c1-33-20-13-9-16(10-14-20)23-22(24(29)18-5-4-6-21(15-18)34-2)25(30)26(31)28(23)19-11-7-17(8-12-19)27(32)35-3/h4-15,23,29H,1-3H3/b24-22+. The molecule has 8 nitrogen and oxygen atoms in total. The lowest BCUT2D eigenvalue weighted by atomic mass is 9.95. The lowest BCUT2D eigenvalue weighted by molar-refractivity contribution is -0.132. The maximum atomic E-state index is 13.2. The molecule has 4 rings (SSSR count).